The van der Waals surface area contributed by atoms with Crippen LogP contribution < -0.4 is 10.6 Å². The van der Waals surface area contributed by atoms with E-state index in [4.69, 9.17) is 0 Å². The number of hydrogen-bond donors (Lipinski definition) is 3. The highest BCUT2D eigenvalue weighted by Crippen LogP contribution is 2.33. The lowest BCUT2D eigenvalue weighted by Crippen LogP contribution is -2.45. The number of hydrogen-bond acceptors (Lipinski definition) is 3. The Balaban J connectivity index is 1.57. The fourth-order valence-electron chi connectivity index (χ4n) is 3.31. The Labute approximate surface area is 119 Å². The standard InChI is InChI=1S/C16H22N2O2/c19-15-8-4-3-7-14(15)18-16(20)9-11-10-17-13-6-2-1-5-12(11)13/h1-2,5-6,11,14-15,17,19H,3-4,7-10H2,(H,18,20). The van der Waals surface area contributed by atoms with E-state index < -0.39 is 0 Å². The number of aliphatic hydroxyl groups excluding tert-OH is 1. The molecule has 1 aliphatic carbocycles. The van der Waals surface area contributed by atoms with E-state index in [0.717, 1.165) is 37.9 Å². The number of anilines is 1. The van der Waals surface area contributed by atoms with Crippen LogP contribution in [-0.4, -0.2) is 29.7 Å². The van der Waals surface area contributed by atoms with Gasteiger partial charge in [-0.15, -0.1) is 0 Å². The highest BCUT2D eigenvalue weighted by atomic mass is 16.3. The van der Waals surface area contributed by atoms with Crippen molar-refractivity contribution < 1.29 is 9.90 Å². The van der Waals surface area contributed by atoms with Gasteiger partial charge in [-0.3, -0.25) is 4.79 Å². The van der Waals surface area contributed by atoms with Crippen LogP contribution in [0, 0.1) is 0 Å². The first-order chi connectivity index (χ1) is 9.74. The second-order valence-corrected chi connectivity index (χ2v) is 5.90. The number of aliphatic hydroxyl groups is 1. The predicted molar refractivity (Wildman–Crippen MR) is 78.7 cm³/mol. The Morgan fingerprint density at radius 3 is 2.95 bits per heavy atom. The van der Waals surface area contributed by atoms with E-state index in [2.05, 4.69) is 22.8 Å². The molecule has 0 radical (unpaired) electrons. The molecule has 1 aromatic rings. The van der Waals surface area contributed by atoms with Crippen molar-refractivity contribution in [1.29, 1.82) is 0 Å². The second-order valence-electron chi connectivity index (χ2n) is 5.90. The van der Waals surface area contributed by atoms with E-state index in [-0.39, 0.29) is 24.0 Å². The number of nitrogens with one attached hydrogen (secondary N) is 2. The number of para-hydroxylation sites is 1. The fraction of sp³-hybridized carbons (Fsp3) is 0.562. The molecule has 0 bridgehead atoms. The normalized spacial score (nSPS) is 28.6. The summed E-state index contributed by atoms with van der Waals surface area (Å²) in [6, 6.07) is 8.11. The quantitative estimate of drug-likeness (QED) is 0.790. The molecule has 4 heteroatoms. The first-order valence-electron chi connectivity index (χ1n) is 7.54. The van der Waals surface area contributed by atoms with Crippen molar-refractivity contribution in [3.63, 3.8) is 0 Å². The second kappa shape index (κ2) is 5.83. The number of benzene rings is 1. The number of fused-ring (bicyclic) bond motifs is 1. The van der Waals surface area contributed by atoms with Gasteiger partial charge in [-0.1, -0.05) is 31.0 Å². The van der Waals surface area contributed by atoms with Gasteiger partial charge in [-0.25, -0.2) is 0 Å². The summed E-state index contributed by atoms with van der Waals surface area (Å²) in [4.78, 5) is 12.2. The molecule has 0 aromatic heterocycles. The van der Waals surface area contributed by atoms with Gasteiger partial charge >= 0.3 is 0 Å². The lowest BCUT2D eigenvalue weighted by molar-refractivity contribution is -0.123. The molecular formula is C16H22N2O2. The van der Waals surface area contributed by atoms with Crippen molar-refractivity contribution in [3.05, 3.63) is 29.8 Å². The van der Waals surface area contributed by atoms with Crippen LogP contribution in [0.1, 0.15) is 43.6 Å². The molecule has 0 saturated heterocycles. The zero-order valence-electron chi connectivity index (χ0n) is 11.6. The molecule has 3 atom stereocenters. The number of carbonyl (C=O) groups is 1. The lowest BCUT2D eigenvalue weighted by atomic mass is 9.92. The van der Waals surface area contributed by atoms with Crippen LogP contribution in [0.2, 0.25) is 0 Å². The van der Waals surface area contributed by atoms with Gasteiger partial charge in [0.2, 0.25) is 5.91 Å². The molecule has 2 aliphatic rings. The summed E-state index contributed by atoms with van der Waals surface area (Å²) in [5, 5.41) is 16.3. The molecule has 1 amide bonds. The minimum Gasteiger partial charge on any atom is -0.391 e. The third-order valence-electron chi connectivity index (χ3n) is 4.45. The van der Waals surface area contributed by atoms with Crippen LogP contribution in [0.5, 0.6) is 0 Å². The molecule has 1 fully saturated rings. The van der Waals surface area contributed by atoms with Crippen molar-refractivity contribution in [2.45, 2.75) is 50.2 Å². The van der Waals surface area contributed by atoms with Crippen molar-refractivity contribution in [1.82, 2.24) is 5.32 Å². The van der Waals surface area contributed by atoms with Gasteiger partial charge in [0, 0.05) is 24.6 Å². The maximum Gasteiger partial charge on any atom is 0.220 e. The fourth-order valence-corrected chi connectivity index (χ4v) is 3.31. The van der Waals surface area contributed by atoms with Crippen molar-refractivity contribution in [2.75, 3.05) is 11.9 Å². The number of rotatable bonds is 3. The molecule has 20 heavy (non-hydrogen) atoms. The minimum absolute atomic E-state index is 0.0548. The summed E-state index contributed by atoms with van der Waals surface area (Å²) in [6.07, 6.45) is 3.98. The van der Waals surface area contributed by atoms with Crippen LogP contribution in [0.3, 0.4) is 0 Å². The molecule has 1 aromatic carbocycles. The molecule has 1 heterocycles. The summed E-state index contributed by atoms with van der Waals surface area (Å²) in [5.74, 6) is 0.298. The van der Waals surface area contributed by atoms with Crippen LogP contribution in [0.4, 0.5) is 5.69 Å². The zero-order valence-corrected chi connectivity index (χ0v) is 11.6. The van der Waals surface area contributed by atoms with Crippen molar-refractivity contribution in [2.24, 2.45) is 0 Å². The zero-order chi connectivity index (χ0) is 13.9. The van der Waals surface area contributed by atoms with Gasteiger partial charge in [0.15, 0.2) is 0 Å². The Morgan fingerprint density at radius 1 is 1.30 bits per heavy atom. The highest BCUT2D eigenvalue weighted by Gasteiger charge is 2.28. The van der Waals surface area contributed by atoms with Gasteiger partial charge in [0.05, 0.1) is 12.1 Å². The molecular weight excluding hydrogens is 252 g/mol. The van der Waals surface area contributed by atoms with E-state index in [9.17, 15) is 9.90 Å². The topological polar surface area (TPSA) is 61.4 Å². The number of amides is 1. The van der Waals surface area contributed by atoms with E-state index in [1.165, 1.54) is 5.56 Å². The summed E-state index contributed by atoms with van der Waals surface area (Å²) in [5.41, 5.74) is 2.37. The SMILES string of the molecule is O=C(CC1CNc2ccccc21)NC1CCCCC1O. The average molecular weight is 274 g/mol. The van der Waals surface area contributed by atoms with Crippen molar-refractivity contribution >= 4 is 11.6 Å². The summed E-state index contributed by atoms with van der Waals surface area (Å²) >= 11 is 0. The van der Waals surface area contributed by atoms with Crippen molar-refractivity contribution in [3.8, 4) is 0 Å². The van der Waals surface area contributed by atoms with E-state index in [1.54, 1.807) is 0 Å². The Morgan fingerprint density at radius 2 is 2.10 bits per heavy atom. The largest absolute Gasteiger partial charge is 0.391 e. The Bertz CT molecular complexity index is 489. The summed E-state index contributed by atoms with van der Waals surface area (Å²) in [7, 11) is 0. The average Bonchev–Trinajstić information content (AvgIpc) is 2.85. The van der Waals surface area contributed by atoms with Crippen LogP contribution in [0.25, 0.3) is 0 Å². The monoisotopic (exact) mass is 274 g/mol. The molecule has 1 aliphatic heterocycles. The molecule has 3 N–H and O–H groups in total. The smallest absolute Gasteiger partial charge is 0.220 e. The van der Waals surface area contributed by atoms with Gasteiger partial charge in [-0.2, -0.15) is 0 Å². The maximum absolute atomic E-state index is 12.2. The first-order valence-corrected chi connectivity index (χ1v) is 7.54. The van der Waals surface area contributed by atoms with Crippen LogP contribution in [-0.2, 0) is 4.79 Å². The summed E-state index contributed by atoms with van der Waals surface area (Å²) < 4.78 is 0. The van der Waals surface area contributed by atoms with Gasteiger partial charge in [0.25, 0.3) is 0 Å². The first kappa shape index (κ1) is 13.4. The Kier molecular flexibility index (Phi) is 3.92. The number of carbonyl (C=O) groups excluding carboxylic acids is 1. The van der Waals surface area contributed by atoms with E-state index in [1.807, 2.05) is 12.1 Å². The third-order valence-corrected chi connectivity index (χ3v) is 4.45. The molecule has 3 rings (SSSR count). The minimum atomic E-state index is -0.373. The van der Waals surface area contributed by atoms with Gasteiger partial charge in [-0.05, 0) is 24.5 Å². The van der Waals surface area contributed by atoms with Gasteiger partial charge in [0.1, 0.15) is 0 Å². The molecule has 108 valence electrons. The third kappa shape index (κ3) is 2.80. The molecule has 0 spiro atoms. The molecule has 1 saturated carbocycles. The Hall–Kier alpha value is -1.55. The summed E-state index contributed by atoms with van der Waals surface area (Å²) in [6.45, 7) is 0.819. The highest BCUT2D eigenvalue weighted by molar-refractivity contribution is 5.78. The van der Waals surface area contributed by atoms with E-state index in [0.29, 0.717) is 6.42 Å². The molecule has 4 nitrogen and oxygen atoms in total. The predicted octanol–water partition coefficient (Wildman–Crippen LogP) is 2.01. The van der Waals surface area contributed by atoms with Gasteiger partial charge < -0.3 is 15.7 Å². The maximum atomic E-state index is 12.2. The van der Waals surface area contributed by atoms with Crippen LogP contribution in [0.15, 0.2) is 24.3 Å². The molecule has 3 unspecified atom stereocenters. The van der Waals surface area contributed by atoms with Crippen LogP contribution >= 0.6 is 0 Å². The van der Waals surface area contributed by atoms with E-state index >= 15 is 0 Å². The lowest BCUT2D eigenvalue weighted by Gasteiger charge is -2.28.